The summed E-state index contributed by atoms with van der Waals surface area (Å²) in [5.41, 5.74) is 2.02. The van der Waals surface area contributed by atoms with Crippen molar-refractivity contribution in [1.82, 2.24) is 9.97 Å². The Kier molecular flexibility index (Phi) is 3.55. The van der Waals surface area contributed by atoms with E-state index in [1.165, 1.54) is 7.11 Å². The van der Waals surface area contributed by atoms with Crippen molar-refractivity contribution < 1.29 is 23.8 Å². The topological polar surface area (TPSA) is 90.5 Å². The molecule has 2 aromatic heterocycles. The number of aromatic nitrogens is 2. The molecule has 1 aliphatic heterocycles. The van der Waals surface area contributed by atoms with E-state index in [-0.39, 0.29) is 24.0 Å². The minimum absolute atomic E-state index is 0.0730. The van der Waals surface area contributed by atoms with Gasteiger partial charge in [-0.3, -0.25) is 4.79 Å². The predicted octanol–water partition coefficient (Wildman–Crippen LogP) is 3.46. The summed E-state index contributed by atoms with van der Waals surface area (Å²) in [5, 5.41) is 1.62. The van der Waals surface area contributed by atoms with Gasteiger partial charge >= 0.3 is 5.97 Å². The lowest BCUT2D eigenvalue weighted by atomic mass is 10.0. The third kappa shape index (κ3) is 2.40. The van der Waals surface area contributed by atoms with Crippen LogP contribution in [0.2, 0.25) is 0 Å². The molecule has 1 aliphatic rings. The molecule has 0 spiro atoms. The van der Waals surface area contributed by atoms with Crippen molar-refractivity contribution in [2.24, 2.45) is 0 Å². The number of pyridine rings is 1. The number of esters is 1. The van der Waals surface area contributed by atoms with Crippen LogP contribution in [0, 0.1) is 0 Å². The van der Waals surface area contributed by atoms with Crippen LogP contribution in [0.5, 0.6) is 11.5 Å². The summed E-state index contributed by atoms with van der Waals surface area (Å²) >= 11 is 0. The monoisotopic (exact) mass is 374 g/mol. The Morgan fingerprint density at radius 2 is 1.86 bits per heavy atom. The minimum atomic E-state index is -0.605. The molecule has 0 aliphatic carbocycles. The Balaban J connectivity index is 1.75. The van der Waals surface area contributed by atoms with Gasteiger partial charge < -0.3 is 19.2 Å². The number of ketones is 1. The number of methoxy groups -OCH3 is 1. The van der Waals surface area contributed by atoms with E-state index < -0.39 is 5.97 Å². The summed E-state index contributed by atoms with van der Waals surface area (Å²) < 4.78 is 15.5. The molecule has 0 unspecified atom stereocenters. The van der Waals surface area contributed by atoms with Crippen molar-refractivity contribution in [2.45, 2.75) is 0 Å². The molecule has 0 fully saturated rings. The third-order valence-corrected chi connectivity index (χ3v) is 4.74. The zero-order valence-electron chi connectivity index (χ0n) is 14.8. The van der Waals surface area contributed by atoms with Crippen molar-refractivity contribution in [3.63, 3.8) is 0 Å². The lowest BCUT2D eigenvalue weighted by Crippen LogP contribution is -2.11. The molecule has 0 saturated heterocycles. The molecule has 1 N–H and O–H groups in total. The number of rotatable bonds is 3. The van der Waals surface area contributed by atoms with Crippen molar-refractivity contribution in [2.75, 3.05) is 13.9 Å². The molecule has 0 saturated carbocycles. The first-order valence-electron chi connectivity index (χ1n) is 8.60. The lowest BCUT2D eigenvalue weighted by molar-refractivity contribution is 0.0594. The predicted molar refractivity (Wildman–Crippen MR) is 101 cm³/mol. The summed E-state index contributed by atoms with van der Waals surface area (Å²) in [6.07, 6.45) is 0. The van der Waals surface area contributed by atoms with Gasteiger partial charge in [0.25, 0.3) is 0 Å². The molecule has 5 rings (SSSR count). The first-order valence-corrected chi connectivity index (χ1v) is 8.60. The number of nitrogens with zero attached hydrogens (tertiary/aromatic N) is 1. The highest BCUT2D eigenvalue weighted by atomic mass is 16.7. The standard InChI is InChI=1S/C21H14N2O5/c1-26-21(25)15-9-13-12-4-2-3-5-14(12)22-18(13)19(23-15)20(24)11-6-7-16-17(8-11)28-10-27-16/h2-9,22H,10H2,1H3. The molecule has 7 nitrogen and oxygen atoms in total. The van der Waals surface area contributed by atoms with Crippen LogP contribution in [0.25, 0.3) is 21.8 Å². The van der Waals surface area contributed by atoms with Crippen molar-refractivity contribution in [1.29, 1.82) is 0 Å². The number of nitrogens with one attached hydrogen (secondary N) is 1. The molecule has 0 radical (unpaired) electrons. The summed E-state index contributed by atoms with van der Waals surface area (Å²) in [7, 11) is 1.28. The maximum absolute atomic E-state index is 13.3. The van der Waals surface area contributed by atoms with Gasteiger partial charge in [-0.05, 0) is 30.3 Å². The van der Waals surface area contributed by atoms with Crippen LogP contribution in [-0.2, 0) is 4.74 Å². The first-order chi connectivity index (χ1) is 13.7. The number of ether oxygens (including phenoxy) is 3. The zero-order valence-corrected chi connectivity index (χ0v) is 14.8. The Bertz CT molecular complexity index is 1270. The van der Waals surface area contributed by atoms with Crippen molar-refractivity contribution in [3.05, 3.63) is 65.5 Å². The lowest BCUT2D eigenvalue weighted by Gasteiger charge is -2.06. The van der Waals surface area contributed by atoms with Gasteiger partial charge in [-0.15, -0.1) is 0 Å². The van der Waals surface area contributed by atoms with Crippen LogP contribution >= 0.6 is 0 Å². The van der Waals surface area contributed by atoms with Crippen molar-refractivity contribution >= 4 is 33.6 Å². The second kappa shape index (κ2) is 6.09. The molecule has 3 heterocycles. The van der Waals surface area contributed by atoms with Crippen LogP contribution in [0.3, 0.4) is 0 Å². The second-order valence-electron chi connectivity index (χ2n) is 6.34. The summed E-state index contributed by atoms with van der Waals surface area (Å²) in [6.45, 7) is 0.120. The quantitative estimate of drug-likeness (QED) is 0.436. The van der Waals surface area contributed by atoms with Crippen LogP contribution in [0.4, 0.5) is 0 Å². The molecule has 138 valence electrons. The fourth-order valence-corrected chi connectivity index (χ4v) is 3.39. The zero-order chi connectivity index (χ0) is 19.3. The van der Waals surface area contributed by atoms with Crippen LogP contribution in [0.1, 0.15) is 26.5 Å². The third-order valence-electron chi connectivity index (χ3n) is 4.74. The van der Waals surface area contributed by atoms with Gasteiger partial charge in [-0.1, -0.05) is 18.2 Å². The van der Waals surface area contributed by atoms with Crippen molar-refractivity contribution in [3.8, 4) is 11.5 Å². The second-order valence-corrected chi connectivity index (χ2v) is 6.34. The summed E-state index contributed by atoms with van der Waals surface area (Å²) in [5.74, 6) is 0.152. The number of para-hydroxylation sites is 1. The number of carbonyl (C=O) groups excluding carboxylic acids is 2. The first kappa shape index (κ1) is 16.3. The molecule has 0 atom stereocenters. The van der Waals surface area contributed by atoms with Gasteiger partial charge in [0.2, 0.25) is 12.6 Å². The number of benzene rings is 2. The highest BCUT2D eigenvalue weighted by molar-refractivity contribution is 6.20. The van der Waals surface area contributed by atoms with Gasteiger partial charge in [-0.2, -0.15) is 0 Å². The number of carbonyl (C=O) groups is 2. The number of aromatic amines is 1. The highest BCUT2D eigenvalue weighted by Gasteiger charge is 2.23. The Morgan fingerprint density at radius 1 is 1.04 bits per heavy atom. The fraction of sp³-hybridized carbons (Fsp3) is 0.0952. The molecule has 0 amide bonds. The normalized spacial score (nSPS) is 12.5. The Hall–Kier alpha value is -3.87. The maximum atomic E-state index is 13.3. The van der Waals surface area contributed by atoms with Gasteiger partial charge in [0.15, 0.2) is 11.5 Å². The van der Waals surface area contributed by atoms with E-state index in [4.69, 9.17) is 14.2 Å². The molecule has 7 heteroatoms. The van der Waals surface area contributed by atoms with E-state index in [1.807, 2.05) is 24.3 Å². The van der Waals surface area contributed by atoms with E-state index >= 15 is 0 Å². The average Bonchev–Trinajstić information content (AvgIpc) is 3.35. The number of H-pyrrole nitrogens is 1. The van der Waals surface area contributed by atoms with Crippen LogP contribution in [0.15, 0.2) is 48.5 Å². The Morgan fingerprint density at radius 3 is 2.71 bits per heavy atom. The Labute approximate surface area is 158 Å². The van der Waals surface area contributed by atoms with Gasteiger partial charge in [0.1, 0.15) is 11.4 Å². The van der Waals surface area contributed by atoms with E-state index in [0.29, 0.717) is 22.6 Å². The van der Waals surface area contributed by atoms with E-state index in [1.54, 1.807) is 24.3 Å². The van der Waals surface area contributed by atoms with Crippen LogP contribution < -0.4 is 9.47 Å². The smallest absolute Gasteiger partial charge is 0.356 e. The largest absolute Gasteiger partial charge is 0.464 e. The molecular weight excluding hydrogens is 360 g/mol. The van der Waals surface area contributed by atoms with Crippen LogP contribution in [-0.4, -0.2) is 35.6 Å². The van der Waals surface area contributed by atoms with E-state index in [2.05, 4.69) is 9.97 Å². The van der Waals surface area contributed by atoms with Gasteiger partial charge in [0.05, 0.1) is 12.6 Å². The van der Waals surface area contributed by atoms with E-state index in [0.717, 1.165) is 16.3 Å². The number of hydrogen-bond donors (Lipinski definition) is 1. The van der Waals surface area contributed by atoms with Gasteiger partial charge in [0, 0.05) is 21.9 Å². The molecule has 4 aromatic rings. The molecular formula is C21H14N2O5. The fourth-order valence-electron chi connectivity index (χ4n) is 3.39. The minimum Gasteiger partial charge on any atom is -0.464 e. The molecule has 28 heavy (non-hydrogen) atoms. The highest BCUT2D eigenvalue weighted by Crippen LogP contribution is 2.34. The molecule has 2 aromatic carbocycles. The summed E-state index contributed by atoms with van der Waals surface area (Å²) in [6, 6.07) is 14.2. The number of fused-ring (bicyclic) bond motifs is 4. The SMILES string of the molecule is COC(=O)c1cc2c([nH]c3ccccc32)c(C(=O)c2ccc3c(c2)OCO3)n1. The van der Waals surface area contributed by atoms with Gasteiger partial charge in [-0.25, -0.2) is 9.78 Å². The molecule has 0 bridgehead atoms. The summed E-state index contributed by atoms with van der Waals surface area (Å²) in [4.78, 5) is 33.0. The van der Waals surface area contributed by atoms with E-state index in [9.17, 15) is 9.59 Å². The average molecular weight is 374 g/mol. The number of hydrogen-bond acceptors (Lipinski definition) is 6. The maximum Gasteiger partial charge on any atom is 0.356 e.